The predicted molar refractivity (Wildman–Crippen MR) is 98.2 cm³/mol. The number of carbonyl (C=O) groups is 2. The second kappa shape index (κ2) is 6.81. The molecule has 1 fully saturated rings. The van der Waals surface area contributed by atoms with E-state index in [1.54, 1.807) is 12.2 Å². The van der Waals surface area contributed by atoms with Crippen LogP contribution in [0.15, 0.2) is 34.1 Å². The topological polar surface area (TPSA) is 187 Å². The first-order chi connectivity index (χ1) is 12.8. The summed E-state index contributed by atoms with van der Waals surface area (Å²) in [5.74, 6) is -4.32. The average molecular weight is 450 g/mol. The first-order valence-electron chi connectivity index (χ1n) is 7.92. The van der Waals surface area contributed by atoms with Gasteiger partial charge in [0.15, 0.2) is 0 Å². The van der Waals surface area contributed by atoms with Crippen molar-refractivity contribution in [3.05, 3.63) is 29.3 Å². The van der Waals surface area contributed by atoms with Crippen LogP contribution in [0.5, 0.6) is 0 Å². The van der Waals surface area contributed by atoms with Gasteiger partial charge >= 0.3 is 5.97 Å². The quantitative estimate of drug-likeness (QED) is 0.458. The third-order valence-corrected chi connectivity index (χ3v) is 7.28. The second-order valence-corrected chi connectivity index (χ2v) is 10.2. The van der Waals surface area contributed by atoms with Gasteiger partial charge in [-0.05, 0) is 30.4 Å². The van der Waals surface area contributed by atoms with Crippen LogP contribution in [-0.2, 0) is 29.6 Å². The lowest BCUT2D eigenvalue weighted by molar-refractivity contribution is -0.146. The van der Waals surface area contributed by atoms with Crippen LogP contribution in [0.1, 0.15) is 6.42 Å². The molecule has 13 heteroatoms. The molecule has 1 saturated carbocycles. The number of amides is 1. The number of nitrogens with two attached hydrogens (primary N) is 2. The van der Waals surface area contributed by atoms with E-state index >= 15 is 0 Å². The smallest absolute Gasteiger partial charge is 0.307 e. The van der Waals surface area contributed by atoms with Crippen LogP contribution in [0.25, 0.3) is 0 Å². The number of rotatable bonds is 5. The maximum atomic E-state index is 12.8. The Balaban J connectivity index is 2.03. The number of anilines is 1. The Hall–Kier alpha value is -1.99. The zero-order chi connectivity index (χ0) is 21.0. The van der Waals surface area contributed by atoms with Gasteiger partial charge in [0.05, 0.1) is 22.5 Å². The Morgan fingerprint density at radius 1 is 1.00 bits per heavy atom. The van der Waals surface area contributed by atoms with Gasteiger partial charge in [-0.25, -0.2) is 27.1 Å². The number of primary sulfonamides is 2. The fraction of sp³-hybridized carbons (Fsp3) is 0.333. The molecule has 1 amide bonds. The van der Waals surface area contributed by atoms with Gasteiger partial charge in [-0.15, -0.1) is 0 Å². The number of hydrogen-bond acceptors (Lipinski definition) is 6. The molecule has 0 aromatic heterocycles. The number of carboxylic acids is 1. The van der Waals surface area contributed by atoms with Gasteiger partial charge in [0.1, 0.15) is 9.79 Å². The lowest BCUT2D eigenvalue weighted by atomic mass is 9.82. The van der Waals surface area contributed by atoms with Crippen molar-refractivity contribution in [3.63, 3.8) is 0 Å². The molecule has 0 saturated heterocycles. The van der Waals surface area contributed by atoms with E-state index in [9.17, 15) is 31.5 Å². The summed E-state index contributed by atoms with van der Waals surface area (Å²) in [6, 6.07) is 1.55. The zero-order valence-corrected chi connectivity index (χ0v) is 16.5. The zero-order valence-electron chi connectivity index (χ0n) is 14.1. The fourth-order valence-electron chi connectivity index (χ4n) is 3.82. The monoisotopic (exact) mass is 449 g/mol. The fourth-order valence-corrected chi connectivity index (χ4v) is 5.69. The number of benzene rings is 1. The van der Waals surface area contributed by atoms with Crippen LogP contribution in [0.2, 0.25) is 5.02 Å². The number of aliphatic carboxylic acids is 1. The molecule has 4 atom stereocenters. The van der Waals surface area contributed by atoms with Crippen LogP contribution in [0.4, 0.5) is 5.69 Å². The molecule has 1 aromatic carbocycles. The number of carbonyl (C=O) groups excluding carboxylic acids is 1. The van der Waals surface area contributed by atoms with Crippen LogP contribution in [-0.4, -0.2) is 33.8 Å². The molecule has 3 rings (SSSR count). The number of halogens is 1. The van der Waals surface area contributed by atoms with Gasteiger partial charge in [0.2, 0.25) is 26.0 Å². The summed E-state index contributed by atoms with van der Waals surface area (Å²) >= 11 is 5.87. The number of fused-ring (bicyclic) bond motifs is 2. The first-order valence-corrected chi connectivity index (χ1v) is 11.4. The highest BCUT2D eigenvalue weighted by molar-refractivity contribution is 7.90. The molecule has 2 aliphatic rings. The van der Waals surface area contributed by atoms with Crippen molar-refractivity contribution in [1.29, 1.82) is 0 Å². The van der Waals surface area contributed by atoms with E-state index in [2.05, 4.69) is 5.32 Å². The van der Waals surface area contributed by atoms with Crippen LogP contribution in [0.3, 0.4) is 0 Å². The maximum Gasteiger partial charge on any atom is 0.307 e. The van der Waals surface area contributed by atoms with E-state index in [-0.39, 0.29) is 17.5 Å². The molecule has 0 radical (unpaired) electrons. The van der Waals surface area contributed by atoms with Crippen molar-refractivity contribution in [3.8, 4) is 0 Å². The molecule has 28 heavy (non-hydrogen) atoms. The van der Waals surface area contributed by atoms with Crippen molar-refractivity contribution >= 4 is 49.2 Å². The Labute approximate surface area is 165 Å². The number of nitrogens with one attached hydrogen (secondary N) is 1. The van der Waals surface area contributed by atoms with Gasteiger partial charge in [0, 0.05) is 0 Å². The SMILES string of the molecule is NS(=O)(=O)c1cc(S(N)(=O)=O)c(NC(=O)[C@@H]2C3C=CC(C3)[C@@H]2C(=O)O)cc1Cl. The molecule has 10 nitrogen and oxygen atoms in total. The van der Waals surface area contributed by atoms with Crippen molar-refractivity contribution in [1.82, 2.24) is 0 Å². The van der Waals surface area contributed by atoms with E-state index in [0.29, 0.717) is 12.5 Å². The van der Waals surface area contributed by atoms with Crippen molar-refractivity contribution in [2.45, 2.75) is 16.2 Å². The molecular weight excluding hydrogens is 434 g/mol. The van der Waals surface area contributed by atoms with Crippen molar-refractivity contribution < 1.29 is 31.5 Å². The molecule has 0 aliphatic heterocycles. The normalized spacial score (nSPS) is 26.4. The summed E-state index contributed by atoms with van der Waals surface area (Å²) in [5.41, 5.74) is -0.360. The molecule has 0 heterocycles. The summed E-state index contributed by atoms with van der Waals surface area (Å²) in [4.78, 5) is 22.9. The van der Waals surface area contributed by atoms with E-state index in [4.69, 9.17) is 21.9 Å². The van der Waals surface area contributed by atoms with Crippen LogP contribution >= 0.6 is 11.6 Å². The lowest BCUT2D eigenvalue weighted by Crippen LogP contribution is -2.36. The second-order valence-electron chi connectivity index (χ2n) is 6.70. The highest BCUT2D eigenvalue weighted by atomic mass is 35.5. The summed E-state index contributed by atoms with van der Waals surface area (Å²) < 4.78 is 46.9. The van der Waals surface area contributed by atoms with E-state index in [1.165, 1.54) is 0 Å². The summed E-state index contributed by atoms with van der Waals surface area (Å²) in [6.07, 6.45) is 4.01. The average Bonchev–Trinajstić information content (AvgIpc) is 3.13. The standard InChI is InChI=1S/C15H16ClN3O7S2/c16-8-4-9(11(28(18,25)26)5-10(8)27(17,23)24)19-14(20)12-6-1-2-7(3-6)13(12)15(21)22/h1-2,4-7,12-13H,3H2,(H,19,20)(H,21,22)(H2,17,23,24)(H2,18,25,26)/t6?,7?,12-,13+/m1/s1. The van der Waals surface area contributed by atoms with E-state index in [0.717, 1.165) is 6.07 Å². The maximum absolute atomic E-state index is 12.8. The summed E-state index contributed by atoms with van der Waals surface area (Å²) in [7, 11) is -8.82. The third kappa shape index (κ3) is 3.65. The molecule has 1 aromatic rings. The first kappa shape index (κ1) is 20.7. The van der Waals surface area contributed by atoms with Crippen LogP contribution < -0.4 is 15.6 Å². The van der Waals surface area contributed by atoms with E-state index in [1.807, 2.05) is 0 Å². The number of sulfonamides is 2. The molecular formula is C15H16ClN3O7S2. The van der Waals surface area contributed by atoms with Gasteiger partial charge < -0.3 is 10.4 Å². The van der Waals surface area contributed by atoms with Crippen molar-refractivity contribution in [2.24, 2.45) is 33.9 Å². The Bertz CT molecular complexity index is 1110. The van der Waals surface area contributed by atoms with E-state index < -0.39 is 58.6 Å². The number of hydrogen-bond donors (Lipinski definition) is 4. The third-order valence-electron chi connectivity index (χ3n) is 4.95. The van der Waals surface area contributed by atoms with Gasteiger partial charge in [0.25, 0.3) is 0 Å². The summed E-state index contributed by atoms with van der Waals surface area (Å²) in [5, 5.41) is 21.5. The van der Waals surface area contributed by atoms with Gasteiger partial charge in [-0.1, -0.05) is 23.8 Å². The minimum absolute atomic E-state index is 0.288. The largest absolute Gasteiger partial charge is 0.481 e. The van der Waals surface area contributed by atoms with Crippen molar-refractivity contribution in [2.75, 3.05) is 5.32 Å². The molecule has 2 aliphatic carbocycles. The number of carboxylic acid groups (broad SMARTS) is 1. The lowest BCUT2D eigenvalue weighted by Gasteiger charge is -2.24. The minimum atomic E-state index is -4.47. The Morgan fingerprint density at radius 2 is 1.54 bits per heavy atom. The van der Waals surface area contributed by atoms with Crippen LogP contribution in [0, 0.1) is 23.7 Å². The Morgan fingerprint density at radius 3 is 2.04 bits per heavy atom. The number of allylic oxidation sites excluding steroid dienone is 2. The summed E-state index contributed by atoms with van der Waals surface area (Å²) in [6.45, 7) is 0. The molecule has 6 N–H and O–H groups in total. The molecule has 0 spiro atoms. The van der Waals surface area contributed by atoms with Gasteiger partial charge in [-0.3, -0.25) is 9.59 Å². The van der Waals surface area contributed by atoms with Gasteiger partial charge in [-0.2, -0.15) is 0 Å². The highest BCUT2D eigenvalue weighted by Gasteiger charge is 2.51. The predicted octanol–water partition coefficient (Wildman–Crippen LogP) is 0.0962. The minimum Gasteiger partial charge on any atom is -0.481 e. The molecule has 2 bridgehead atoms. The molecule has 2 unspecified atom stereocenters. The Kier molecular flexibility index (Phi) is 5.04. The molecule has 152 valence electrons. The highest BCUT2D eigenvalue weighted by Crippen LogP contribution is 2.48.